The minimum atomic E-state index is 0.355. The van der Waals surface area contributed by atoms with Gasteiger partial charge in [0.15, 0.2) is 0 Å². The van der Waals surface area contributed by atoms with E-state index >= 15 is 0 Å². The van der Waals surface area contributed by atoms with Gasteiger partial charge >= 0.3 is 0 Å². The van der Waals surface area contributed by atoms with Crippen LogP contribution in [0.2, 0.25) is 0 Å². The van der Waals surface area contributed by atoms with Crippen LogP contribution in [0.5, 0.6) is 0 Å². The van der Waals surface area contributed by atoms with E-state index in [1.807, 2.05) is 13.2 Å². The third-order valence-electron chi connectivity index (χ3n) is 4.11. The third kappa shape index (κ3) is 2.30. The highest BCUT2D eigenvalue weighted by atomic mass is 15.2. The highest BCUT2D eigenvalue weighted by Gasteiger charge is 2.34. The Kier molecular flexibility index (Phi) is 3.15. The Balaban J connectivity index is 1.94. The van der Waals surface area contributed by atoms with Crippen molar-refractivity contribution in [3.05, 3.63) is 36.5 Å². The summed E-state index contributed by atoms with van der Waals surface area (Å²) in [6, 6.07) is 10.6. The predicted octanol–water partition coefficient (Wildman–Crippen LogP) is 2.67. The SMILES string of the molecule is CNCC1(C)CCN(c2nccc3ccccc23)C1. The van der Waals surface area contributed by atoms with Gasteiger partial charge in [0.2, 0.25) is 0 Å². The summed E-state index contributed by atoms with van der Waals surface area (Å²) in [5.41, 5.74) is 0.355. The molecule has 1 fully saturated rings. The first kappa shape index (κ1) is 12.4. The van der Waals surface area contributed by atoms with Crippen molar-refractivity contribution in [1.82, 2.24) is 10.3 Å². The Morgan fingerprint density at radius 1 is 1.32 bits per heavy atom. The number of hydrogen-bond acceptors (Lipinski definition) is 3. The zero-order valence-corrected chi connectivity index (χ0v) is 11.7. The first-order valence-electron chi connectivity index (χ1n) is 6.95. The number of rotatable bonds is 3. The van der Waals surface area contributed by atoms with Crippen molar-refractivity contribution in [2.75, 3.05) is 31.6 Å². The topological polar surface area (TPSA) is 28.2 Å². The second-order valence-corrected chi connectivity index (χ2v) is 5.87. The van der Waals surface area contributed by atoms with E-state index in [0.717, 1.165) is 25.5 Å². The number of nitrogens with one attached hydrogen (secondary N) is 1. The lowest BCUT2D eigenvalue weighted by molar-refractivity contribution is 0.356. The molecule has 19 heavy (non-hydrogen) atoms. The number of anilines is 1. The minimum absolute atomic E-state index is 0.355. The first-order valence-corrected chi connectivity index (χ1v) is 6.95. The Bertz CT molecular complexity index is 576. The number of hydrogen-bond donors (Lipinski definition) is 1. The molecule has 1 N–H and O–H groups in total. The molecule has 1 saturated heterocycles. The van der Waals surface area contributed by atoms with Crippen molar-refractivity contribution in [3.8, 4) is 0 Å². The molecule has 0 amide bonds. The van der Waals surface area contributed by atoms with Gasteiger partial charge in [0, 0.05) is 31.2 Å². The monoisotopic (exact) mass is 255 g/mol. The zero-order chi connectivity index (χ0) is 13.3. The van der Waals surface area contributed by atoms with Crippen molar-refractivity contribution in [2.45, 2.75) is 13.3 Å². The van der Waals surface area contributed by atoms with Crippen LogP contribution >= 0.6 is 0 Å². The molecular weight excluding hydrogens is 234 g/mol. The Morgan fingerprint density at radius 2 is 2.16 bits per heavy atom. The molecule has 0 aliphatic carbocycles. The molecule has 1 unspecified atom stereocenters. The molecule has 0 radical (unpaired) electrons. The van der Waals surface area contributed by atoms with Gasteiger partial charge in [-0.3, -0.25) is 0 Å². The average molecular weight is 255 g/mol. The van der Waals surface area contributed by atoms with Gasteiger partial charge < -0.3 is 10.2 Å². The van der Waals surface area contributed by atoms with Crippen LogP contribution in [0.1, 0.15) is 13.3 Å². The molecule has 0 saturated carbocycles. The van der Waals surface area contributed by atoms with Gasteiger partial charge in [-0.25, -0.2) is 4.98 Å². The van der Waals surface area contributed by atoms with Crippen LogP contribution in [0, 0.1) is 5.41 Å². The number of benzene rings is 1. The molecule has 1 aromatic heterocycles. The van der Waals surface area contributed by atoms with E-state index in [2.05, 4.69) is 52.5 Å². The Hall–Kier alpha value is -1.61. The number of aromatic nitrogens is 1. The van der Waals surface area contributed by atoms with Crippen LogP contribution in [0.4, 0.5) is 5.82 Å². The number of pyridine rings is 1. The van der Waals surface area contributed by atoms with E-state index in [-0.39, 0.29) is 0 Å². The molecule has 100 valence electrons. The molecule has 1 aromatic carbocycles. The van der Waals surface area contributed by atoms with E-state index in [1.165, 1.54) is 17.2 Å². The van der Waals surface area contributed by atoms with Crippen molar-refractivity contribution in [1.29, 1.82) is 0 Å². The Morgan fingerprint density at radius 3 is 3.00 bits per heavy atom. The van der Waals surface area contributed by atoms with Crippen molar-refractivity contribution >= 4 is 16.6 Å². The van der Waals surface area contributed by atoms with Gasteiger partial charge in [-0.15, -0.1) is 0 Å². The van der Waals surface area contributed by atoms with Crippen LogP contribution < -0.4 is 10.2 Å². The lowest BCUT2D eigenvalue weighted by atomic mass is 9.90. The Labute approximate surface area is 114 Å². The maximum atomic E-state index is 4.62. The largest absolute Gasteiger partial charge is 0.355 e. The van der Waals surface area contributed by atoms with Crippen molar-refractivity contribution in [3.63, 3.8) is 0 Å². The van der Waals surface area contributed by atoms with Gasteiger partial charge in [-0.1, -0.05) is 31.2 Å². The number of nitrogens with zero attached hydrogens (tertiary/aromatic N) is 2. The van der Waals surface area contributed by atoms with E-state index in [1.54, 1.807) is 0 Å². The van der Waals surface area contributed by atoms with E-state index in [4.69, 9.17) is 0 Å². The molecule has 1 atom stereocenters. The highest BCUT2D eigenvalue weighted by molar-refractivity contribution is 5.92. The van der Waals surface area contributed by atoms with Crippen LogP contribution in [-0.2, 0) is 0 Å². The van der Waals surface area contributed by atoms with Crippen LogP contribution in [0.15, 0.2) is 36.5 Å². The van der Waals surface area contributed by atoms with Crippen LogP contribution in [0.3, 0.4) is 0 Å². The molecule has 1 aliphatic rings. The lowest BCUT2D eigenvalue weighted by Gasteiger charge is -2.25. The third-order valence-corrected chi connectivity index (χ3v) is 4.11. The maximum absolute atomic E-state index is 4.62. The van der Waals surface area contributed by atoms with Gasteiger partial charge in [0.05, 0.1) is 0 Å². The van der Waals surface area contributed by atoms with E-state index < -0.39 is 0 Å². The summed E-state index contributed by atoms with van der Waals surface area (Å²) in [5.74, 6) is 1.14. The molecule has 3 heteroatoms. The predicted molar refractivity (Wildman–Crippen MR) is 80.6 cm³/mol. The summed E-state index contributed by atoms with van der Waals surface area (Å²) in [6.07, 6.45) is 3.14. The normalized spacial score (nSPS) is 23.2. The van der Waals surface area contributed by atoms with Gasteiger partial charge in [0.1, 0.15) is 5.82 Å². The highest BCUT2D eigenvalue weighted by Crippen LogP contribution is 2.34. The lowest BCUT2D eigenvalue weighted by Crippen LogP contribution is -2.33. The van der Waals surface area contributed by atoms with E-state index in [0.29, 0.717) is 5.41 Å². The molecule has 1 aliphatic heterocycles. The standard InChI is InChI=1S/C16H21N3/c1-16(11-17-2)8-10-19(12-16)15-14-6-4-3-5-13(14)7-9-18-15/h3-7,9,17H,8,10-12H2,1-2H3. The van der Waals surface area contributed by atoms with Crippen LogP contribution in [-0.4, -0.2) is 31.7 Å². The minimum Gasteiger partial charge on any atom is -0.355 e. The summed E-state index contributed by atoms with van der Waals surface area (Å²) in [7, 11) is 2.03. The fourth-order valence-electron chi connectivity index (χ4n) is 3.13. The molecule has 2 heterocycles. The van der Waals surface area contributed by atoms with Gasteiger partial charge in [-0.05, 0) is 30.3 Å². The second kappa shape index (κ2) is 4.82. The summed E-state index contributed by atoms with van der Waals surface area (Å²) < 4.78 is 0. The van der Waals surface area contributed by atoms with Crippen molar-refractivity contribution in [2.24, 2.45) is 5.41 Å². The van der Waals surface area contributed by atoms with Gasteiger partial charge in [-0.2, -0.15) is 0 Å². The second-order valence-electron chi connectivity index (χ2n) is 5.87. The maximum Gasteiger partial charge on any atom is 0.136 e. The summed E-state index contributed by atoms with van der Waals surface area (Å²) in [5, 5.41) is 5.85. The molecule has 2 aromatic rings. The summed E-state index contributed by atoms with van der Waals surface area (Å²) in [4.78, 5) is 7.05. The van der Waals surface area contributed by atoms with Gasteiger partial charge in [0.25, 0.3) is 0 Å². The molecule has 3 rings (SSSR count). The molecule has 0 spiro atoms. The van der Waals surface area contributed by atoms with Crippen LogP contribution in [0.25, 0.3) is 10.8 Å². The molecular formula is C16H21N3. The first-order chi connectivity index (χ1) is 9.22. The van der Waals surface area contributed by atoms with Crippen molar-refractivity contribution < 1.29 is 0 Å². The fraction of sp³-hybridized carbons (Fsp3) is 0.438. The van der Waals surface area contributed by atoms with E-state index in [9.17, 15) is 0 Å². The molecule has 3 nitrogen and oxygen atoms in total. The smallest absolute Gasteiger partial charge is 0.136 e. The quantitative estimate of drug-likeness (QED) is 0.914. The summed E-state index contributed by atoms with van der Waals surface area (Å²) >= 11 is 0. The summed E-state index contributed by atoms with van der Waals surface area (Å²) in [6.45, 7) is 5.59. The zero-order valence-electron chi connectivity index (χ0n) is 11.7. The fourth-order valence-corrected chi connectivity index (χ4v) is 3.13. The number of fused-ring (bicyclic) bond motifs is 1. The average Bonchev–Trinajstić information content (AvgIpc) is 2.81. The molecule has 0 bridgehead atoms.